The number of hydrogen-bond acceptors (Lipinski definition) is 6. The van der Waals surface area contributed by atoms with E-state index in [-0.39, 0.29) is 27.9 Å². The van der Waals surface area contributed by atoms with E-state index in [9.17, 15) is 13.2 Å². The van der Waals surface area contributed by atoms with Crippen molar-refractivity contribution in [2.45, 2.75) is 4.90 Å². The minimum absolute atomic E-state index is 0.0270. The lowest BCUT2D eigenvalue weighted by Gasteiger charge is -2.08. The van der Waals surface area contributed by atoms with Crippen LogP contribution < -0.4 is 13.7 Å². The maximum Gasteiger partial charge on any atom is 0.339 e. The van der Waals surface area contributed by atoms with Crippen molar-refractivity contribution in [2.75, 3.05) is 7.11 Å². The molecule has 0 fully saturated rings. The number of allylic oxidation sites excluding steroid dienone is 1. The number of methoxy groups -OCH3 is 1. The molecular formula is C22H15ClO6S. The molecule has 0 atom stereocenters. The summed E-state index contributed by atoms with van der Waals surface area (Å²) in [6.07, 6.45) is 1.59. The first-order chi connectivity index (χ1) is 14.4. The van der Waals surface area contributed by atoms with Gasteiger partial charge in [0.1, 0.15) is 22.1 Å². The van der Waals surface area contributed by atoms with Crippen molar-refractivity contribution in [1.82, 2.24) is 0 Å². The van der Waals surface area contributed by atoms with E-state index in [0.717, 1.165) is 5.56 Å². The van der Waals surface area contributed by atoms with Crippen LogP contribution in [-0.2, 0) is 10.1 Å². The third-order valence-electron chi connectivity index (χ3n) is 4.34. The molecule has 0 bridgehead atoms. The van der Waals surface area contributed by atoms with Crippen LogP contribution in [0.1, 0.15) is 15.9 Å². The molecule has 3 aromatic rings. The van der Waals surface area contributed by atoms with Crippen molar-refractivity contribution < 1.29 is 26.9 Å². The predicted molar refractivity (Wildman–Crippen MR) is 112 cm³/mol. The Morgan fingerprint density at radius 2 is 1.73 bits per heavy atom. The fourth-order valence-electron chi connectivity index (χ4n) is 2.88. The molecule has 0 amide bonds. The Hall–Kier alpha value is -3.29. The number of carbonyl (C=O) groups is 1. The number of benzene rings is 3. The number of fused-ring (bicyclic) bond motifs is 1. The highest BCUT2D eigenvalue weighted by atomic mass is 35.5. The van der Waals surface area contributed by atoms with E-state index in [1.807, 2.05) is 6.07 Å². The quantitative estimate of drug-likeness (QED) is 0.419. The summed E-state index contributed by atoms with van der Waals surface area (Å²) in [5.74, 6) is 0.711. The van der Waals surface area contributed by atoms with E-state index in [4.69, 9.17) is 25.3 Å². The monoisotopic (exact) mass is 442 g/mol. The summed E-state index contributed by atoms with van der Waals surface area (Å²) < 4.78 is 40.9. The minimum Gasteiger partial charge on any atom is -0.497 e. The highest BCUT2D eigenvalue weighted by molar-refractivity contribution is 7.87. The van der Waals surface area contributed by atoms with Crippen molar-refractivity contribution in [3.63, 3.8) is 0 Å². The first kappa shape index (κ1) is 20.0. The summed E-state index contributed by atoms with van der Waals surface area (Å²) >= 11 is 5.79. The van der Waals surface area contributed by atoms with Crippen LogP contribution in [0.25, 0.3) is 6.08 Å². The Morgan fingerprint density at radius 3 is 2.47 bits per heavy atom. The molecule has 0 saturated heterocycles. The van der Waals surface area contributed by atoms with Crippen molar-refractivity contribution >= 4 is 33.6 Å². The number of ketones is 1. The number of carbonyl (C=O) groups excluding carboxylic acids is 1. The number of hydrogen-bond donors (Lipinski definition) is 0. The van der Waals surface area contributed by atoms with Gasteiger partial charge in [0.2, 0.25) is 5.78 Å². The lowest BCUT2D eigenvalue weighted by Crippen LogP contribution is -2.09. The first-order valence-corrected chi connectivity index (χ1v) is 10.6. The molecule has 0 radical (unpaired) electrons. The Labute approximate surface area is 178 Å². The lowest BCUT2D eigenvalue weighted by molar-refractivity contribution is 0.101. The second-order valence-electron chi connectivity index (χ2n) is 6.37. The van der Waals surface area contributed by atoms with Gasteiger partial charge in [-0.3, -0.25) is 4.79 Å². The standard InChI is InChI=1S/C22H15ClO6S/c1-27-16-4-2-3-14(11-16)12-21-22(24)19-10-7-17(13-20(19)28-21)29-30(25,26)18-8-5-15(23)6-9-18/h2-13H,1H3/b21-12-. The van der Waals surface area contributed by atoms with Gasteiger partial charge >= 0.3 is 10.1 Å². The SMILES string of the molecule is COc1cccc(/C=C2\Oc3cc(OS(=O)(=O)c4ccc(Cl)cc4)ccc3C2=O)c1. The maximum absolute atomic E-state index is 12.6. The van der Waals surface area contributed by atoms with E-state index in [2.05, 4.69) is 0 Å². The normalized spacial score (nSPS) is 14.3. The summed E-state index contributed by atoms with van der Waals surface area (Å²) in [6, 6.07) is 17.0. The number of ether oxygens (including phenoxy) is 2. The van der Waals surface area contributed by atoms with Crippen LogP contribution in [0.4, 0.5) is 0 Å². The number of Topliss-reactive ketones (excluding diaryl/α,β-unsaturated/α-hetero) is 1. The van der Waals surface area contributed by atoms with Gasteiger partial charge in [-0.05, 0) is 60.2 Å². The van der Waals surface area contributed by atoms with Crippen LogP contribution in [0.2, 0.25) is 5.02 Å². The first-order valence-electron chi connectivity index (χ1n) is 8.78. The molecule has 0 saturated carbocycles. The number of rotatable bonds is 5. The Morgan fingerprint density at radius 1 is 0.967 bits per heavy atom. The molecule has 1 aliphatic rings. The van der Waals surface area contributed by atoms with Gasteiger partial charge in [0, 0.05) is 11.1 Å². The molecular weight excluding hydrogens is 428 g/mol. The van der Waals surface area contributed by atoms with Gasteiger partial charge in [-0.25, -0.2) is 0 Å². The molecule has 0 aromatic heterocycles. The maximum atomic E-state index is 12.6. The van der Waals surface area contributed by atoms with E-state index in [0.29, 0.717) is 16.3 Å². The molecule has 6 nitrogen and oxygen atoms in total. The molecule has 0 N–H and O–H groups in total. The molecule has 0 spiro atoms. The largest absolute Gasteiger partial charge is 0.497 e. The molecule has 8 heteroatoms. The van der Waals surface area contributed by atoms with Crippen LogP contribution in [0.3, 0.4) is 0 Å². The molecule has 1 heterocycles. The summed E-state index contributed by atoms with van der Waals surface area (Å²) in [5.41, 5.74) is 1.05. The van der Waals surface area contributed by atoms with Crippen LogP contribution in [-0.4, -0.2) is 21.3 Å². The van der Waals surface area contributed by atoms with Crippen molar-refractivity contribution in [3.05, 3.63) is 88.6 Å². The lowest BCUT2D eigenvalue weighted by atomic mass is 10.1. The topological polar surface area (TPSA) is 78.9 Å². The van der Waals surface area contributed by atoms with Gasteiger partial charge in [0.15, 0.2) is 5.76 Å². The molecule has 4 rings (SSSR count). The zero-order valence-electron chi connectivity index (χ0n) is 15.7. The van der Waals surface area contributed by atoms with Gasteiger partial charge in [-0.15, -0.1) is 0 Å². The van der Waals surface area contributed by atoms with Gasteiger partial charge in [0.25, 0.3) is 0 Å². The Kier molecular flexibility index (Phi) is 5.24. The van der Waals surface area contributed by atoms with E-state index in [1.165, 1.54) is 42.5 Å². The Balaban J connectivity index is 1.59. The van der Waals surface area contributed by atoms with Gasteiger partial charge in [0.05, 0.1) is 12.7 Å². The molecule has 3 aromatic carbocycles. The molecule has 0 aliphatic carbocycles. The van der Waals surface area contributed by atoms with Crippen molar-refractivity contribution in [2.24, 2.45) is 0 Å². The summed E-state index contributed by atoms with van der Waals surface area (Å²) in [6.45, 7) is 0. The average molecular weight is 443 g/mol. The van der Waals surface area contributed by atoms with Crippen molar-refractivity contribution in [3.8, 4) is 17.2 Å². The summed E-state index contributed by atoms with van der Waals surface area (Å²) in [7, 11) is -2.50. The highest BCUT2D eigenvalue weighted by Gasteiger charge is 2.28. The van der Waals surface area contributed by atoms with Crippen LogP contribution >= 0.6 is 11.6 Å². The van der Waals surface area contributed by atoms with Crippen molar-refractivity contribution in [1.29, 1.82) is 0 Å². The second kappa shape index (κ2) is 7.85. The minimum atomic E-state index is -4.06. The van der Waals surface area contributed by atoms with Crippen LogP contribution in [0.5, 0.6) is 17.2 Å². The van der Waals surface area contributed by atoms with Crippen LogP contribution in [0.15, 0.2) is 77.4 Å². The molecule has 0 unspecified atom stereocenters. The third-order valence-corrected chi connectivity index (χ3v) is 5.85. The van der Waals surface area contributed by atoms with Gasteiger partial charge < -0.3 is 13.7 Å². The molecule has 1 aliphatic heterocycles. The third kappa shape index (κ3) is 4.03. The van der Waals surface area contributed by atoms with Crippen LogP contribution in [0, 0.1) is 0 Å². The summed E-state index contributed by atoms with van der Waals surface area (Å²) in [5, 5.41) is 0.411. The van der Waals surface area contributed by atoms with Gasteiger partial charge in [-0.1, -0.05) is 23.7 Å². The second-order valence-corrected chi connectivity index (χ2v) is 8.35. The zero-order chi connectivity index (χ0) is 21.3. The molecule has 152 valence electrons. The Bertz CT molecular complexity index is 1260. The molecule has 30 heavy (non-hydrogen) atoms. The smallest absolute Gasteiger partial charge is 0.339 e. The van der Waals surface area contributed by atoms with E-state index >= 15 is 0 Å². The van der Waals surface area contributed by atoms with Gasteiger partial charge in [-0.2, -0.15) is 8.42 Å². The zero-order valence-corrected chi connectivity index (χ0v) is 17.2. The van der Waals surface area contributed by atoms with E-state index < -0.39 is 10.1 Å². The average Bonchev–Trinajstić information content (AvgIpc) is 3.03. The van der Waals surface area contributed by atoms with E-state index in [1.54, 1.807) is 31.4 Å². The summed E-state index contributed by atoms with van der Waals surface area (Å²) in [4.78, 5) is 12.6. The fourth-order valence-corrected chi connectivity index (χ4v) is 3.93. The fraction of sp³-hybridized carbons (Fsp3) is 0.0455. The number of halogens is 1. The predicted octanol–water partition coefficient (Wildman–Crippen LogP) is 4.73. The highest BCUT2D eigenvalue weighted by Crippen LogP contribution is 2.36.